The first-order valence-corrected chi connectivity index (χ1v) is 10.9. The van der Waals surface area contributed by atoms with Gasteiger partial charge in [0.25, 0.3) is 0 Å². The molecule has 1 atom stereocenters. The normalized spacial score (nSPS) is 19.6. The maximum absolute atomic E-state index is 12.8. The van der Waals surface area contributed by atoms with E-state index in [2.05, 4.69) is 21.2 Å². The molecule has 2 fully saturated rings. The van der Waals surface area contributed by atoms with Crippen molar-refractivity contribution in [2.24, 2.45) is 0 Å². The Morgan fingerprint density at radius 2 is 1.87 bits per heavy atom. The number of furan rings is 1. The van der Waals surface area contributed by atoms with Crippen LogP contribution in [-0.2, 0) is 11.3 Å². The highest BCUT2D eigenvalue weighted by Gasteiger charge is 2.26. The average Bonchev–Trinajstić information content (AvgIpc) is 3.28. The summed E-state index contributed by atoms with van der Waals surface area (Å²) in [5.41, 5.74) is 1.12. The van der Waals surface area contributed by atoms with Crippen LogP contribution in [0.15, 0.2) is 47.1 Å². The fourth-order valence-electron chi connectivity index (χ4n) is 4.09. The molecule has 2 aliphatic rings. The van der Waals surface area contributed by atoms with Crippen molar-refractivity contribution in [2.75, 3.05) is 59.0 Å². The van der Waals surface area contributed by atoms with Gasteiger partial charge in [0.2, 0.25) is 0 Å². The smallest absolute Gasteiger partial charge is 0.317 e. The number of carbonyl (C=O) groups is 1. The SMILES string of the molecule is O=C(NCC(c1cccc(Cl)c1)N1CCOCC1)N1CCN(Cc2ccco2)CC1. The Morgan fingerprint density at radius 1 is 1.07 bits per heavy atom. The number of hydrogen-bond acceptors (Lipinski definition) is 5. The van der Waals surface area contributed by atoms with Crippen molar-refractivity contribution in [1.82, 2.24) is 20.0 Å². The number of benzene rings is 1. The first kappa shape index (κ1) is 21.2. The number of amides is 2. The number of carbonyl (C=O) groups excluding carboxylic acids is 1. The number of rotatable bonds is 6. The lowest BCUT2D eigenvalue weighted by molar-refractivity contribution is 0.0163. The molecular weight excluding hydrogens is 404 g/mol. The van der Waals surface area contributed by atoms with Gasteiger partial charge in [-0.3, -0.25) is 9.80 Å². The van der Waals surface area contributed by atoms with Crippen molar-refractivity contribution in [3.05, 3.63) is 59.0 Å². The molecule has 0 spiro atoms. The molecule has 0 radical (unpaired) electrons. The second-order valence-electron chi connectivity index (χ2n) is 7.75. The lowest BCUT2D eigenvalue weighted by atomic mass is 10.0. The van der Waals surface area contributed by atoms with Gasteiger partial charge in [0, 0.05) is 50.8 Å². The molecule has 2 aromatic rings. The molecule has 1 unspecified atom stereocenters. The molecule has 1 aromatic heterocycles. The third-order valence-electron chi connectivity index (χ3n) is 5.79. The molecule has 0 bridgehead atoms. The molecule has 8 heteroatoms. The Kier molecular flexibility index (Phi) is 7.28. The Labute approximate surface area is 182 Å². The van der Waals surface area contributed by atoms with E-state index in [4.69, 9.17) is 20.8 Å². The molecule has 162 valence electrons. The summed E-state index contributed by atoms with van der Waals surface area (Å²) in [5.74, 6) is 0.961. The summed E-state index contributed by atoms with van der Waals surface area (Å²) in [7, 11) is 0. The summed E-state index contributed by atoms with van der Waals surface area (Å²) in [5, 5.41) is 3.87. The molecule has 2 aliphatic heterocycles. The zero-order valence-electron chi connectivity index (χ0n) is 17.1. The second kappa shape index (κ2) is 10.3. The molecule has 2 saturated heterocycles. The van der Waals surface area contributed by atoms with Gasteiger partial charge >= 0.3 is 6.03 Å². The number of hydrogen-bond donors (Lipinski definition) is 1. The lowest BCUT2D eigenvalue weighted by Crippen LogP contribution is -2.52. The molecule has 7 nitrogen and oxygen atoms in total. The fourth-order valence-corrected chi connectivity index (χ4v) is 4.29. The van der Waals surface area contributed by atoms with E-state index in [1.807, 2.05) is 35.2 Å². The first-order chi connectivity index (χ1) is 14.7. The molecule has 3 heterocycles. The molecule has 30 heavy (non-hydrogen) atoms. The van der Waals surface area contributed by atoms with Crippen LogP contribution >= 0.6 is 11.6 Å². The van der Waals surface area contributed by atoms with Gasteiger partial charge in [0.05, 0.1) is 32.1 Å². The van der Waals surface area contributed by atoms with Crippen molar-refractivity contribution < 1.29 is 13.9 Å². The summed E-state index contributed by atoms with van der Waals surface area (Å²) in [6.07, 6.45) is 1.70. The van der Waals surface area contributed by atoms with Crippen LogP contribution in [0.5, 0.6) is 0 Å². The number of piperazine rings is 1. The average molecular weight is 433 g/mol. The predicted octanol–water partition coefficient (Wildman–Crippen LogP) is 2.83. The number of morpholine rings is 1. The first-order valence-electron chi connectivity index (χ1n) is 10.5. The molecule has 4 rings (SSSR count). The highest BCUT2D eigenvalue weighted by Crippen LogP contribution is 2.24. The van der Waals surface area contributed by atoms with Gasteiger partial charge in [-0.15, -0.1) is 0 Å². The van der Waals surface area contributed by atoms with E-state index in [9.17, 15) is 4.79 Å². The minimum absolute atomic E-state index is 0.00654. The van der Waals surface area contributed by atoms with E-state index in [1.165, 1.54) is 0 Å². The summed E-state index contributed by atoms with van der Waals surface area (Å²) < 4.78 is 10.9. The maximum Gasteiger partial charge on any atom is 0.317 e. The number of urea groups is 1. The minimum Gasteiger partial charge on any atom is -0.468 e. The maximum atomic E-state index is 12.8. The third-order valence-corrected chi connectivity index (χ3v) is 6.02. The summed E-state index contributed by atoms with van der Waals surface area (Å²) >= 11 is 6.23. The van der Waals surface area contributed by atoms with Gasteiger partial charge in [-0.05, 0) is 29.8 Å². The van der Waals surface area contributed by atoms with E-state index in [1.54, 1.807) is 6.26 Å². The van der Waals surface area contributed by atoms with Crippen LogP contribution in [0.25, 0.3) is 0 Å². The van der Waals surface area contributed by atoms with Crippen molar-refractivity contribution in [2.45, 2.75) is 12.6 Å². The minimum atomic E-state index is -0.00654. The molecule has 0 saturated carbocycles. The van der Waals surface area contributed by atoms with E-state index >= 15 is 0 Å². The molecule has 1 aromatic carbocycles. The zero-order chi connectivity index (χ0) is 20.8. The third kappa shape index (κ3) is 5.55. The van der Waals surface area contributed by atoms with Crippen LogP contribution in [0, 0.1) is 0 Å². The van der Waals surface area contributed by atoms with Crippen LogP contribution in [0.1, 0.15) is 17.4 Å². The monoisotopic (exact) mass is 432 g/mol. The van der Waals surface area contributed by atoms with E-state index in [-0.39, 0.29) is 12.1 Å². The quantitative estimate of drug-likeness (QED) is 0.760. The summed E-state index contributed by atoms with van der Waals surface area (Å²) in [6.45, 7) is 7.56. The lowest BCUT2D eigenvalue weighted by Gasteiger charge is -2.37. The Balaban J connectivity index is 1.31. The van der Waals surface area contributed by atoms with E-state index < -0.39 is 0 Å². The molecule has 2 amide bonds. The Morgan fingerprint density at radius 3 is 2.57 bits per heavy atom. The van der Waals surface area contributed by atoms with Crippen molar-refractivity contribution >= 4 is 17.6 Å². The topological polar surface area (TPSA) is 61.2 Å². The van der Waals surface area contributed by atoms with Crippen LogP contribution < -0.4 is 5.32 Å². The number of nitrogens with one attached hydrogen (secondary N) is 1. The highest BCUT2D eigenvalue weighted by molar-refractivity contribution is 6.30. The Hall–Kier alpha value is -2.06. The fraction of sp³-hybridized carbons (Fsp3) is 0.500. The standard InChI is InChI=1S/C22H29ClN4O3/c23-19-4-1-3-18(15-19)21(26-10-13-29-14-11-26)16-24-22(28)27-8-6-25(7-9-27)17-20-5-2-12-30-20/h1-5,12,15,21H,6-11,13-14,16-17H2,(H,24,28). The largest absolute Gasteiger partial charge is 0.468 e. The van der Waals surface area contributed by atoms with Gasteiger partial charge in [0.1, 0.15) is 5.76 Å². The van der Waals surface area contributed by atoms with E-state index in [0.717, 1.165) is 44.0 Å². The van der Waals surface area contributed by atoms with Gasteiger partial charge in [-0.2, -0.15) is 0 Å². The molecular formula is C22H29ClN4O3. The highest BCUT2D eigenvalue weighted by atomic mass is 35.5. The number of ether oxygens (including phenoxy) is 1. The number of halogens is 1. The molecule has 0 aliphatic carbocycles. The van der Waals surface area contributed by atoms with Gasteiger partial charge in [0.15, 0.2) is 0 Å². The van der Waals surface area contributed by atoms with Crippen LogP contribution in [0.3, 0.4) is 0 Å². The van der Waals surface area contributed by atoms with E-state index in [0.29, 0.717) is 37.9 Å². The number of nitrogens with zero attached hydrogens (tertiary/aromatic N) is 3. The van der Waals surface area contributed by atoms with Crippen molar-refractivity contribution in [3.63, 3.8) is 0 Å². The summed E-state index contributed by atoms with van der Waals surface area (Å²) in [6, 6.07) is 11.9. The van der Waals surface area contributed by atoms with Crippen LogP contribution in [0.2, 0.25) is 5.02 Å². The molecule has 1 N–H and O–H groups in total. The van der Waals surface area contributed by atoms with Crippen molar-refractivity contribution in [3.8, 4) is 0 Å². The van der Waals surface area contributed by atoms with Gasteiger partial charge in [-0.1, -0.05) is 23.7 Å². The van der Waals surface area contributed by atoms with Crippen LogP contribution in [-0.4, -0.2) is 79.8 Å². The van der Waals surface area contributed by atoms with Crippen LogP contribution in [0.4, 0.5) is 4.79 Å². The Bertz CT molecular complexity index is 802. The van der Waals surface area contributed by atoms with Crippen molar-refractivity contribution in [1.29, 1.82) is 0 Å². The van der Waals surface area contributed by atoms with Gasteiger partial charge < -0.3 is 19.4 Å². The predicted molar refractivity (Wildman–Crippen MR) is 116 cm³/mol. The van der Waals surface area contributed by atoms with Gasteiger partial charge in [-0.25, -0.2) is 4.79 Å². The second-order valence-corrected chi connectivity index (χ2v) is 8.18. The zero-order valence-corrected chi connectivity index (χ0v) is 17.9. The summed E-state index contributed by atoms with van der Waals surface area (Å²) in [4.78, 5) is 19.4.